The summed E-state index contributed by atoms with van der Waals surface area (Å²) in [5.41, 5.74) is 0.0286. The van der Waals surface area contributed by atoms with Crippen LogP contribution in [0.4, 0.5) is 0 Å². The van der Waals surface area contributed by atoms with Gasteiger partial charge in [0.2, 0.25) is 0 Å². The molecule has 0 saturated carbocycles. The SMILES string of the molecule is CC(O)C1(C(=O)OCc2ccccc2)CCCOC1. The number of ether oxygens (including phenoxy) is 2. The molecule has 0 spiro atoms. The van der Waals surface area contributed by atoms with Crippen LogP contribution in [0.5, 0.6) is 0 Å². The molecule has 1 aromatic rings. The van der Waals surface area contributed by atoms with Crippen LogP contribution in [0.15, 0.2) is 30.3 Å². The molecule has 1 fully saturated rings. The van der Waals surface area contributed by atoms with Gasteiger partial charge in [0.15, 0.2) is 0 Å². The van der Waals surface area contributed by atoms with Gasteiger partial charge in [-0.3, -0.25) is 4.79 Å². The molecule has 0 aliphatic carbocycles. The molecule has 104 valence electrons. The average Bonchev–Trinajstić information content (AvgIpc) is 2.46. The van der Waals surface area contributed by atoms with Crippen molar-refractivity contribution >= 4 is 5.97 Å². The first kappa shape index (κ1) is 14.0. The summed E-state index contributed by atoms with van der Waals surface area (Å²) in [4.78, 5) is 12.3. The van der Waals surface area contributed by atoms with Gasteiger partial charge in [-0.25, -0.2) is 0 Å². The molecular weight excluding hydrogens is 244 g/mol. The number of carbonyl (C=O) groups is 1. The minimum atomic E-state index is -0.910. The van der Waals surface area contributed by atoms with Gasteiger partial charge in [0.05, 0.1) is 12.7 Å². The van der Waals surface area contributed by atoms with Gasteiger partial charge < -0.3 is 14.6 Å². The first-order valence-electron chi connectivity index (χ1n) is 6.62. The lowest BCUT2D eigenvalue weighted by molar-refractivity contribution is -0.176. The zero-order chi connectivity index (χ0) is 13.7. The van der Waals surface area contributed by atoms with E-state index in [4.69, 9.17) is 9.47 Å². The molecule has 1 saturated heterocycles. The second-order valence-corrected chi connectivity index (χ2v) is 5.05. The molecule has 1 aromatic carbocycles. The Kier molecular flexibility index (Phi) is 4.56. The number of rotatable bonds is 4. The van der Waals surface area contributed by atoms with E-state index in [0.717, 1.165) is 12.0 Å². The summed E-state index contributed by atoms with van der Waals surface area (Å²) in [6.45, 7) is 2.73. The second-order valence-electron chi connectivity index (χ2n) is 5.05. The Morgan fingerprint density at radius 1 is 1.47 bits per heavy atom. The quantitative estimate of drug-likeness (QED) is 0.844. The number of carbonyl (C=O) groups excluding carboxylic acids is 1. The van der Waals surface area contributed by atoms with Gasteiger partial charge in [0.25, 0.3) is 0 Å². The van der Waals surface area contributed by atoms with Crippen LogP contribution in [0.25, 0.3) is 0 Å². The van der Waals surface area contributed by atoms with Crippen LogP contribution in [0.3, 0.4) is 0 Å². The van der Waals surface area contributed by atoms with E-state index in [1.807, 2.05) is 30.3 Å². The smallest absolute Gasteiger partial charge is 0.317 e. The third-order valence-electron chi connectivity index (χ3n) is 3.69. The summed E-state index contributed by atoms with van der Waals surface area (Å²) in [6, 6.07) is 9.52. The fourth-order valence-corrected chi connectivity index (χ4v) is 2.34. The van der Waals surface area contributed by atoms with Crippen molar-refractivity contribution in [3.05, 3.63) is 35.9 Å². The van der Waals surface area contributed by atoms with Gasteiger partial charge in [-0.2, -0.15) is 0 Å². The third kappa shape index (κ3) is 3.14. The van der Waals surface area contributed by atoms with Crippen molar-refractivity contribution in [1.82, 2.24) is 0 Å². The Labute approximate surface area is 113 Å². The minimum absolute atomic E-state index is 0.230. The molecule has 19 heavy (non-hydrogen) atoms. The molecular formula is C15H20O4. The zero-order valence-electron chi connectivity index (χ0n) is 11.2. The van der Waals surface area contributed by atoms with E-state index in [1.165, 1.54) is 0 Å². The largest absolute Gasteiger partial charge is 0.460 e. The maximum absolute atomic E-state index is 12.3. The Balaban J connectivity index is 2.00. The van der Waals surface area contributed by atoms with E-state index >= 15 is 0 Å². The van der Waals surface area contributed by atoms with Crippen molar-refractivity contribution in [1.29, 1.82) is 0 Å². The van der Waals surface area contributed by atoms with Crippen LogP contribution in [-0.2, 0) is 20.9 Å². The Bertz CT molecular complexity index is 407. The minimum Gasteiger partial charge on any atom is -0.460 e. The number of hydrogen-bond donors (Lipinski definition) is 1. The van der Waals surface area contributed by atoms with Crippen LogP contribution >= 0.6 is 0 Å². The summed E-state index contributed by atoms with van der Waals surface area (Å²) < 4.78 is 10.7. The van der Waals surface area contributed by atoms with Gasteiger partial charge >= 0.3 is 5.97 Å². The summed E-state index contributed by atoms with van der Waals surface area (Å²) in [6.07, 6.45) is 0.611. The van der Waals surface area contributed by atoms with Gasteiger partial charge in [-0.05, 0) is 25.3 Å². The van der Waals surface area contributed by atoms with E-state index in [9.17, 15) is 9.90 Å². The van der Waals surface area contributed by atoms with E-state index in [2.05, 4.69) is 0 Å². The predicted molar refractivity (Wildman–Crippen MR) is 70.4 cm³/mol. The van der Waals surface area contributed by atoms with Crippen LogP contribution in [0, 0.1) is 5.41 Å². The fourth-order valence-electron chi connectivity index (χ4n) is 2.34. The molecule has 1 aliphatic heterocycles. The van der Waals surface area contributed by atoms with Gasteiger partial charge in [-0.15, -0.1) is 0 Å². The van der Waals surface area contributed by atoms with E-state index in [0.29, 0.717) is 13.0 Å². The molecule has 1 N–H and O–H groups in total. The Hall–Kier alpha value is -1.39. The molecule has 1 heterocycles. The van der Waals surface area contributed by atoms with Crippen LogP contribution in [0.1, 0.15) is 25.3 Å². The lowest BCUT2D eigenvalue weighted by Crippen LogP contribution is -2.48. The topological polar surface area (TPSA) is 55.8 Å². The number of aliphatic hydroxyl groups excluding tert-OH is 1. The molecule has 0 bridgehead atoms. The van der Waals surface area contributed by atoms with Crippen molar-refractivity contribution in [2.24, 2.45) is 5.41 Å². The Morgan fingerprint density at radius 3 is 2.79 bits per heavy atom. The summed E-state index contributed by atoms with van der Waals surface area (Å²) in [5, 5.41) is 9.91. The molecule has 0 aromatic heterocycles. The highest BCUT2D eigenvalue weighted by Gasteiger charge is 2.46. The lowest BCUT2D eigenvalue weighted by atomic mass is 9.78. The van der Waals surface area contributed by atoms with E-state index in [-0.39, 0.29) is 19.2 Å². The molecule has 0 amide bonds. The highest BCUT2D eigenvalue weighted by atomic mass is 16.5. The third-order valence-corrected chi connectivity index (χ3v) is 3.69. The summed E-state index contributed by atoms with van der Waals surface area (Å²) in [7, 11) is 0. The van der Waals surface area contributed by atoms with Crippen LogP contribution < -0.4 is 0 Å². The van der Waals surface area contributed by atoms with Crippen molar-refractivity contribution in [2.45, 2.75) is 32.5 Å². The molecule has 2 unspecified atom stereocenters. The highest BCUT2D eigenvalue weighted by molar-refractivity contribution is 5.78. The molecule has 0 radical (unpaired) electrons. The zero-order valence-corrected chi connectivity index (χ0v) is 11.2. The number of aliphatic hydroxyl groups is 1. The normalized spacial score (nSPS) is 24.7. The first-order valence-corrected chi connectivity index (χ1v) is 6.62. The molecule has 1 aliphatic rings. The molecule has 2 rings (SSSR count). The van der Waals surface area contributed by atoms with Gasteiger partial charge in [0.1, 0.15) is 12.0 Å². The van der Waals surface area contributed by atoms with Crippen molar-refractivity contribution in [2.75, 3.05) is 13.2 Å². The average molecular weight is 264 g/mol. The van der Waals surface area contributed by atoms with E-state index in [1.54, 1.807) is 6.92 Å². The van der Waals surface area contributed by atoms with Crippen LogP contribution in [0.2, 0.25) is 0 Å². The standard InChI is InChI=1S/C15H20O4/c1-12(16)15(8-5-9-18-11-15)14(17)19-10-13-6-3-2-4-7-13/h2-4,6-7,12,16H,5,8-11H2,1H3. The fraction of sp³-hybridized carbons (Fsp3) is 0.533. The monoisotopic (exact) mass is 264 g/mol. The lowest BCUT2D eigenvalue weighted by Gasteiger charge is -2.36. The van der Waals surface area contributed by atoms with Gasteiger partial charge in [0, 0.05) is 6.61 Å². The number of benzene rings is 1. The van der Waals surface area contributed by atoms with Gasteiger partial charge in [-0.1, -0.05) is 30.3 Å². The second kappa shape index (κ2) is 6.17. The summed E-state index contributed by atoms with van der Waals surface area (Å²) in [5.74, 6) is -0.369. The van der Waals surface area contributed by atoms with Crippen LogP contribution in [-0.4, -0.2) is 30.4 Å². The first-order chi connectivity index (χ1) is 9.15. The molecule has 4 heteroatoms. The molecule has 4 nitrogen and oxygen atoms in total. The van der Waals surface area contributed by atoms with E-state index < -0.39 is 11.5 Å². The Morgan fingerprint density at radius 2 is 2.21 bits per heavy atom. The van der Waals surface area contributed by atoms with Crippen molar-refractivity contribution in [3.8, 4) is 0 Å². The number of esters is 1. The highest BCUT2D eigenvalue weighted by Crippen LogP contribution is 2.34. The maximum Gasteiger partial charge on any atom is 0.317 e. The summed E-state index contributed by atoms with van der Waals surface area (Å²) >= 11 is 0. The molecule has 2 atom stereocenters. The maximum atomic E-state index is 12.3. The number of hydrogen-bond acceptors (Lipinski definition) is 4. The predicted octanol–water partition coefficient (Wildman–Crippen LogP) is 1.91. The van der Waals surface area contributed by atoms with Crippen molar-refractivity contribution < 1.29 is 19.4 Å². The van der Waals surface area contributed by atoms with Crippen molar-refractivity contribution in [3.63, 3.8) is 0 Å².